The highest BCUT2D eigenvalue weighted by atomic mass is 35.5. The van der Waals surface area contributed by atoms with E-state index in [1.54, 1.807) is 29.2 Å². The van der Waals surface area contributed by atoms with Crippen molar-refractivity contribution in [2.24, 2.45) is 0 Å². The van der Waals surface area contributed by atoms with Gasteiger partial charge in [-0.2, -0.15) is 5.10 Å². The van der Waals surface area contributed by atoms with Gasteiger partial charge in [0.25, 0.3) is 5.91 Å². The van der Waals surface area contributed by atoms with Crippen molar-refractivity contribution in [2.45, 2.75) is 32.9 Å². The predicted molar refractivity (Wildman–Crippen MR) is 120 cm³/mol. The van der Waals surface area contributed by atoms with Crippen LogP contribution < -0.4 is 0 Å². The lowest BCUT2D eigenvalue weighted by Gasteiger charge is -2.27. The van der Waals surface area contributed by atoms with E-state index in [2.05, 4.69) is 28.6 Å². The van der Waals surface area contributed by atoms with Gasteiger partial charge < -0.3 is 4.90 Å². The van der Waals surface area contributed by atoms with Crippen LogP contribution in [0.5, 0.6) is 0 Å². The average molecular weight is 423 g/mol. The fraction of sp³-hybridized carbons (Fsp3) is 0.333. The number of nitrogens with zero attached hydrogens (tertiary/aromatic N) is 4. The van der Waals surface area contributed by atoms with Crippen LogP contribution in [0.4, 0.5) is 0 Å². The third-order valence-corrected chi connectivity index (χ3v) is 5.84. The predicted octanol–water partition coefficient (Wildman–Crippen LogP) is 4.57. The summed E-state index contributed by atoms with van der Waals surface area (Å²) in [5.74, 6) is -0.0316. The molecule has 1 aliphatic rings. The molecule has 0 atom stereocenters. The van der Waals surface area contributed by atoms with E-state index in [9.17, 15) is 4.79 Å². The zero-order valence-electron chi connectivity index (χ0n) is 17.5. The lowest BCUT2D eigenvalue weighted by Crippen LogP contribution is -2.32. The van der Waals surface area contributed by atoms with Crippen molar-refractivity contribution >= 4 is 17.5 Å². The molecule has 0 fully saturated rings. The zero-order chi connectivity index (χ0) is 21.1. The molecule has 0 spiro atoms. The number of halogens is 1. The summed E-state index contributed by atoms with van der Waals surface area (Å²) in [6, 6.07) is 17.3. The summed E-state index contributed by atoms with van der Waals surface area (Å²) < 4.78 is 2.06. The Morgan fingerprint density at radius 3 is 2.57 bits per heavy atom. The minimum absolute atomic E-state index is 0.0316. The quantitative estimate of drug-likeness (QED) is 0.584. The second kappa shape index (κ2) is 9.02. The summed E-state index contributed by atoms with van der Waals surface area (Å²) in [5.41, 5.74) is 5.19. The lowest BCUT2D eigenvalue weighted by atomic mass is 10.0. The fourth-order valence-electron chi connectivity index (χ4n) is 4.07. The number of carbonyl (C=O) groups excluding carboxylic acids is 1. The van der Waals surface area contributed by atoms with Crippen LogP contribution in [0.25, 0.3) is 5.69 Å². The van der Waals surface area contributed by atoms with Crippen LogP contribution in [0.15, 0.2) is 54.6 Å². The van der Waals surface area contributed by atoms with E-state index in [1.807, 2.05) is 25.2 Å². The van der Waals surface area contributed by atoms with E-state index < -0.39 is 0 Å². The summed E-state index contributed by atoms with van der Waals surface area (Å²) >= 11 is 5.96. The smallest absolute Gasteiger partial charge is 0.253 e. The van der Waals surface area contributed by atoms with Crippen LogP contribution >= 0.6 is 11.6 Å². The van der Waals surface area contributed by atoms with E-state index >= 15 is 0 Å². The van der Waals surface area contributed by atoms with E-state index in [0.29, 0.717) is 17.1 Å². The van der Waals surface area contributed by atoms with Gasteiger partial charge in [0.05, 0.1) is 23.6 Å². The van der Waals surface area contributed by atoms with Gasteiger partial charge in [0.2, 0.25) is 0 Å². The molecule has 0 unspecified atom stereocenters. The molecule has 2 heterocycles. The molecule has 1 aromatic heterocycles. The Labute approximate surface area is 182 Å². The molecule has 0 bridgehead atoms. The summed E-state index contributed by atoms with van der Waals surface area (Å²) in [6.45, 7) is 5.69. The molecule has 2 aromatic carbocycles. The number of benzene rings is 2. The summed E-state index contributed by atoms with van der Waals surface area (Å²) in [4.78, 5) is 17.1. The lowest BCUT2D eigenvalue weighted by molar-refractivity contribution is 0.0782. The van der Waals surface area contributed by atoms with E-state index in [0.717, 1.165) is 43.9 Å². The molecular formula is C24H27ClN4O. The number of hydrogen-bond acceptors (Lipinski definition) is 3. The molecular weight excluding hydrogens is 396 g/mol. The third kappa shape index (κ3) is 4.27. The van der Waals surface area contributed by atoms with Crippen molar-refractivity contribution in [3.63, 3.8) is 0 Å². The molecule has 0 aliphatic carbocycles. The second-order valence-electron chi connectivity index (χ2n) is 7.81. The van der Waals surface area contributed by atoms with Crippen LogP contribution in [-0.4, -0.2) is 45.6 Å². The highest BCUT2D eigenvalue weighted by Gasteiger charge is 2.26. The Balaban J connectivity index is 1.64. The van der Waals surface area contributed by atoms with Crippen molar-refractivity contribution in [1.29, 1.82) is 0 Å². The SMILES string of the molecule is CCCN1CCc2c(c(CN(C)C(=O)c3ccc(Cl)cc3)nn2-c2ccccc2)C1. The second-order valence-corrected chi connectivity index (χ2v) is 8.25. The van der Waals surface area contributed by atoms with Gasteiger partial charge in [-0.3, -0.25) is 9.69 Å². The van der Waals surface area contributed by atoms with E-state index in [1.165, 1.54) is 11.3 Å². The first kappa shape index (κ1) is 20.6. The molecule has 30 heavy (non-hydrogen) atoms. The first-order valence-corrected chi connectivity index (χ1v) is 10.8. The molecule has 0 radical (unpaired) electrons. The van der Waals surface area contributed by atoms with Gasteiger partial charge in [-0.1, -0.05) is 36.7 Å². The molecule has 6 heteroatoms. The van der Waals surface area contributed by atoms with Crippen molar-refractivity contribution in [2.75, 3.05) is 20.1 Å². The number of carbonyl (C=O) groups is 1. The molecule has 5 nitrogen and oxygen atoms in total. The zero-order valence-corrected chi connectivity index (χ0v) is 18.3. The van der Waals surface area contributed by atoms with Gasteiger partial charge in [0.15, 0.2) is 0 Å². The standard InChI is InChI=1S/C24H27ClN4O/c1-3-14-28-15-13-23-21(16-28)22(26-29(23)20-7-5-4-6-8-20)17-27(2)24(30)18-9-11-19(25)12-10-18/h4-12H,3,13-17H2,1-2H3. The van der Waals surface area contributed by atoms with Crippen molar-refractivity contribution < 1.29 is 4.79 Å². The van der Waals surface area contributed by atoms with Gasteiger partial charge >= 0.3 is 0 Å². The third-order valence-electron chi connectivity index (χ3n) is 5.59. The number of amides is 1. The number of para-hydroxylation sites is 1. The Kier molecular flexibility index (Phi) is 6.21. The van der Waals surface area contributed by atoms with Crippen LogP contribution in [0.1, 0.15) is 40.7 Å². The molecule has 1 aliphatic heterocycles. The monoisotopic (exact) mass is 422 g/mol. The molecule has 4 rings (SSSR count). The Morgan fingerprint density at radius 2 is 1.87 bits per heavy atom. The highest BCUT2D eigenvalue weighted by molar-refractivity contribution is 6.30. The Hall–Kier alpha value is -2.63. The first-order valence-electron chi connectivity index (χ1n) is 10.4. The number of rotatable bonds is 6. The minimum Gasteiger partial charge on any atom is -0.336 e. The molecule has 0 saturated carbocycles. The first-order chi connectivity index (χ1) is 14.6. The van der Waals surface area contributed by atoms with Crippen molar-refractivity contribution in [3.8, 4) is 5.69 Å². The van der Waals surface area contributed by atoms with Crippen LogP contribution in [0.3, 0.4) is 0 Å². The van der Waals surface area contributed by atoms with E-state index in [-0.39, 0.29) is 5.91 Å². The van der Waals surface area contributed by atoms with Crippen molar-refractivity contribution in [1.82, 2.24) is 19.6 Å². The maximum absolute atomic E-state index is 12.9. The number of aromatic nitrogens is 2. The van der Waals surface area contributed by atoms with Gasteiger partial charge in [-0.25, -0.2) is 4.68 Å². The number of hydrogen-bond donors (Lipinski definition) is 0. The Bertz CT molecular complexity index is 1010. The van der Waals surface area contributed by atoms with Gasteiger partial charge in [0.1, 0.15) is 0 Å². The average Bonchev–Trinajstić information content (AvgIpc) is 3.12. The van der Waals surface area contributed by atoms with E-state index in [4.69, 9.17) is 16.7 Å². The van der Waals surface area contributed by atoms with Crippen LogP contribution in [0.2, 0.25) is 5.02 Å². The number of fused-ring (bicyclic) bond motifs is 1. The van der Waals surface area contributed by atoms with Gasteiger partial charge in [-0.05, 0) is 49.4 Å². The molecule has 3 aromatic rings. The van der Waals surface area contributed by atoms with Gasteiger partial charge in [-0.15, -0.1) is 0 Å². The highest BCUT2D eigenvalue weighted by Crippen LogP contribution is 2.26. The van der Waals surface area contributed by atoms with Crippen LogP contribution in [0, 0.1) is 0 Å². The molecule has 0 N–H and O–H groups in total. The largest absolute Gasteiger partial charge is 0.336 e. The molecule has 156 valence electrons. The summed E-state index contributed by atoms with van der Waals surface area (Å²) in [6.07, 6.45) is 2.10. The minimum atomic E-state index is -0.0316. The van der Waals surface area contributed by atoms with Crippen LogP contribution in [-0.2, 0) is 19.5 Å². The summed E-state index contributed by atoms with van der Waals surface area (Å²) in [5, 5.41) is 5.59. The maximum Gasteiger partial charge on any atom is 0.253 e. The van der Waals surface area contributed by atoms with Crippen molar-refractivity contribution in [3.05, 3.63) is 82.1 Å². The Morgan fingerprint density at radius 1 is 1.13 bits per heavy atom. The van der Waals surface area contributed by atoms with Gasteiger partial charge in [0, 0.05) is 42.7 Å². The molecule has 1 amide bonds. The topological polar surface area (TPSA) is 41.4 Å². The maximum atomic E-state index is 12.9. The summed E-state index contributed by atoms with van der Waals surface area (Å²) in [7, 11) is 1.83. The molecule has 0 saturated heterocycles. The normalized spacial score (nSPS) is 13.8. The fourth-order valence-corrected chi connectivity index (χ4v) is 4.19.